The average Bonchev–Trinajstić information content (AvgIpc) is 3.05. The smallest absolute Gasteiger partial charge is 0.339 e. The molecule has 0 saturated carbocycles. The van der Waals surface area contributed by atoms with E-state index in [0.717, 1.165) is 16.3 Å². The first-order valence-corrected chi connectivity index (χ1v) is 7.98. The fourth-order valence-corrected chi connectivity index (χ4v) is 2.76. The van der Waals surface area contributed by atoms with Crippen molar-refractivity contribution in [3.63, 3.8) is 0 Å². The quantitative estimate of drug-likeness (QED) is 0.580. The Balaban J connectivity index is 1.82. The van der Waals surface area contributed by atoms with Gasteiger partial charge in [0.15, 0.2) is 0 Å². The van der Waals surface area contributed by atoms with Crippen molar-refractivity contribution in [3.8, 4) is 0 Å². The molecule has 0 saturated heterocycles. The van der Waals surface area contributed by atoms with Crippen molar-refractivity contribution in [3.05, 3.63) is 46.0 Å². The molecule has 0 bridgehead atoms. The number of benzene rings is 1. The molecule has 1 aromatic carbocycles. The van der Waals surface area contributed by atoms with Crippen molar-refractivity contribution < 1.29 is 23.8 Å². The van der Waals surface area contributed by atoms with Crippen LogP contribution in [0.2, 0.25) is 0 Å². The van der Waals surface area contributed by atoms with Crippen LogP contribution in [-0.2, 0) is 11.2 Å². The second-order valence-corrected chi connectivity index (χ2v) is 5.94. The highest BCUT2D eigenvalue weighted by Crippen LogP contribution is 2.26. The van der Waals surface area contributed by atoms with E-state index >= 15 is 0 Å². The molecule has 2 heterocycles. The van der Waals surface area contributed by atoms with E-state index in [0.29, 0.717) is 16.7 Å². The minimum absolute atomic E-state index is 0.0287. The topological polar surface area (TPSA) is 113 Å². The predicted molar refractivity (Wildman–Crippen MR) is 91.4 cm³/mol. The van der Waals surface area contributed by atoms with Crippen molar-refractivity contribution >= 4 is 27.8 Å². The molecule has 0 spiro atoms. The molecule has 25 heavy (non-hydrogen) atoms. The third kappa shape index (κ3) is 3.57. The number of carbonyl (C=O) groups excluding carboxylic acids is 1. The fraction of sp³-hybridized carbons (Fsp3) is 0.333. The number of hydrogen-bond donors (Lipinski definition) is 3. The van der Waals surface area contributed by atoms with Crippen LogP contribution in [0.5, 0.6) is 0 Å². The van der Waals surface area contributed by atoms with Crippen molar-refractivity contribution in [1.29, 1.82) is 0 Å². The number of aliphatic hydroxyl groups excluding tert-OH is 2. The van der Waals surface area contributed by atoms with Gasteiger partial charge in [-0.1, -0.05) is 0 Å². The van der Waals surface area contributed by atoms with Gasteiger partial charge in [0.25, 0.3) is 0 Å². The Morgan fingerprint density at radius 3 is 2.88 bits per heavy atom. The lowest BCUT2D eigenvalue weighted by atomic mass is 10.0. The molecule has 1 atom stereocenters. The first kappa shape index (κ1) is 17.2. The molecule has 0 aliphatic carbocycles. The van der Waals surface area contributed by atoms with Crippen LogP contribution in [0.15, 0.2) is 38.1 Å². The highest BCUT2D eigenvalue weighted by molar-refractivity contribution is 5.94. The predicted octanol–water partition coefficient (Wildman–Crippen LogP) is 1.25. The van der Waals surface area contributed by atoms with Crippen molar-refractivity contribution in [1.82, 2.24) is 5.32 Å². The maximum absolute atomic E-state index is 12.3. The minimum Gasteiger partial charge on any atom is -0.464 e. The molecule has 0 aliphatic heterocycles. The lowest BCUT2D eigenvalue weighted by molar-refractivity contribution is -0.121. The third-order valence-electron chi connectivity index (χ3n) is 4.21. The number of nitrogens with one attached hydrogen (secondary N) is 1. The van der Waals surface area contributed by atoms with Crippen LogP contribution >= 0.6 is 0 Å². The van der Waals surface area contributed by atoms with Crippen LogP contribution in [0, 0.1) is 6.92 Å². The van der Waals surface area contributed by atoms with Gasteiger partial charge in [0, 0.05) is 35.4 Å². The first-order chi connectivity index (χ1) is 12.0. The minimum atomic E-state index is -0.992. The van der Waals surface area contributed by atoms with Gasteiger partial charge < -0.3 is 24.4 Å². The second-order valence-electron chi connectivity index (χ2n) is 5.94. The molecule has 3 N–H and O–H groups in total. The van der Waals surface area contributed by atoms with Crippen molar-refractivity contribution in [2.24, 2.45) is 0 Å². The van der Waals surface area contributed by atoms with Gasteiger partial charge in [-0.25, -0.2) is 4.79 Å². The summed E-state index contributed by atoms with van der Waals surface area (Å²) in [5.74, 6) is -0.309. The highest BCUT2D eigenvalue weighted by Gasteiger charge is 2.15. The van der Waals surface area contributed by atoms with Crippen molar-refractivity contribution in [2.75, 3.05) is 13.2 Å². The monoisotopic (exact) mass is 345 g/mol. The number of carbonyl (C=O) groups is 1. The van der Waals surface area contributed by atoms with Gasteiger partial charge in [-0.05, 0) is 31.0 Å². The Bertz CT molecular complexity index is 971. The van der Waals surface area contributed by atoms with Crippen LogP contribution in [0.3, 0.4) is 0 Å². The number of furan rings is 1. The number of aryl methyl sites for hydroxylation is 1. The van der Waals surface area contributed by atoms with Gasteiger partial charge in [-0.2, -0.15) is 0 Å². The zero-order chi connectivity index (χ0) is 18.0. The molecule has 0 radical (unpaired) electrons. The molecule has 7 nitrogen and oxygen atoms in total. The Morgan fingerprint density at radius 1 is 1.32 bits per heavy atom. The van der Waals surface area contributed by atoms with Crippen LogP contribution in [0.4, 0.5) is 0 Å². The lowest BCUT2D eigenvalue weighted by Crippen LogP contribution is -2.34. The molecule has 132 valence electrons. The van der Waals surface area contributed by atoms with E-state index in [1.165, 1.54) is 0 Å². The van der Waals surface area contributed by atoms with E-state index in [2.05, 4.69) is 5.32 Å². The van der Waals surface area contributed by atoms with Gasteiger partial charge in [-0.3, -0.25) is 4.79 Å². The summed E-state index contributed by atoms with van der Waals surface area (Å²) in [5, 5.41) is 22.2. The molecular weight excluding hydrogens is 326 g/mol. The number of aliphatic hydroxyl groups is 2. The summed E-state index contributed by atoms with van der Waals surface area (Å²) in [4.78, 5) is 24.1. The fourth-order valence-electron chi connectivity index (χ4n) is 2.76. The zero-order valence-electron chi connectivity index (χ0n) is 13.7. The molecule has 3 aromatic rings. The second kappa shape index (κ2) is 7.08. The van der Waals surface area contributed by atoms with Crippen molar-refractivity contribution in [2.45, 2.75) is 25.9 Å². The Kier molecular flexibility index (Phi) is 4.87. The maximum atomic E-state index is 12.3. The third-order valence-corrected chi connectivity index (χ3v) is 4.21. The largest absolute Gasteiger partial charge is 0.464 e. The number of amides is 1. The van der Waals surface area contributed by atoms with E-state index in [4.69, 9.17) is 13.9 Å². The van der Waals surface area contributed by atoms with Gasteiger partial charge in [0.2, 0.25) is 5.91 Å². The lowest BCUT2D eigenvalue weighted by Gasteiger charge is -2.10. The Labute approximate surface area is 142 Å². The summed E-state index contributed by atoms with van der Waals surface area (Å²) in [7, 11) is 0. The number of hydrogen-bond acceptors (Lipinski definition) is 6. The summed E-state index contributed by atoms with van der Waals surface area (Å²) < 4.78 is 10.7. The summed E-state index contributed by atoms with van der Waals surface area (Å²) in [6.45, 7) is 1.38. The highest BCUT2D eigenvalue weighted by atomic mass is 16.4. The SMILES string of the molecule is Cc1c(CCC(=O)NCC(O)CO)c(=O)oc2cc3occc3cc12. The van der Waals surface area contributed by atoms with E-state index < -0.39 is 18.3 Å². The average molecular weight is 345 g/mol. The Hall–Kier alpha value is -2.64. The normalized spacial score (nSPS) is 12.6. The first-order valence-electron chi connectivity index (χ1n) is 7.98. The van der Waals surface area contributed by atoms with Crippen LogP contribution in [-0.4, -0.2) is 35.4 Å². The molecule has 1 unspecified atom stereocenters. The van der Waals surface area contributed by atoms with Gasteiger partial charge in [0.1, 0.15) is 11.2 Å². The van der Waals surface area contributed by atoms with Crippen LogP contribution < -0.4 is 10.9 Å². The molecule has 2 aromatic heterocycles. The van der Waals surface area contributed by atoms with E-state index in [-0.39, 0.29) is 25.3 Å². The molecule has 0 aliphatic rings. The van der Waals surface area contributed by atoms with Gasteiger partial charge >= 0.3 is 5.63 Å². The molecule has 1 amide bonds. The summed E-state index contributed by atoms with van der Waals surface area (Å²) in [6, 6.07) is 5.42. The zero-order valence-corrected chi connectivity index (χ0v) is 13.7. The molecule has 7 heteroatoms. The van der Waals surface area contributed by atoms with Gasteiger partial charge in [0.05, 0.1) is 19.0 Å². The standard InChI is InChI=1S/C18H19NO6/c1-10-13(2-3-17(22)19-8-12(21)9-20)18(23)25-16-7-15-11(4-5-24-15)6-14(10)16/h4-7,12,20-21H,2-3,8-9H2,1H3,(H,19,22). The van der Waals surface area contributed by atoms with E-state index in [9.17, 15) is 14.7 Å². The molecular formula is C18H19NO6. The number of rotatable bonds is 6. The summed E-state index contributed by atoms with van der Waals surface area (Å²) in [6.07, 6.45) is 0.898. The van der Waals surface area contributed by atoms with Crippen LogP contribution in [0.25, 0.3) is 21.9 Å². The summed E-state index contributed by atoms with van der Waals surface area (Å²) >= 11 is 0. The Morgan fingerprint density at radius 2 is 2.12 bits per heavy atom. The van der Waals surface area contributed by atoms with E-state index in [1.54, 1.807) is 12.3 Å². The molecule has 3 rings (SSSR count). The van der Waals surface area contributed by atoms with E-state index in [1.807, 2.05) is 19.1 Å². The number of fused-ring (bicyclic) bond motifs is 2. The van der Waals surface area contributed by atoms with Gasteiger partial charge in [-0.15, -0.1) is 0 Å². The molecule has 0 fully saturated rings. The summed E-state index contributed by atoms with van der Waals surface area (Å²) in [5.41, 5.74) is 1.85. The maximum Gasteiger partial charge on any atom is 0.339 e. The van der Waals surface area contributed by atoms with Crippen LogP contribution in [0.1, 0.15) is 17.5 Å².